The zero-order valence-electron chi connectivity index (χ0n) is 26.2. The first-order valence-electron chi connectivity index (χ1n) is 14.5. The van der Waals surface area contributed by atoms with Crippen LogP contribution in [0, 0.1) is 23.0 Å². The maximum absolute atomic E-state index is 14.2. The van der Waals surface area contributed by atoms with Crippen molar-refractivity contribution in [3.8, 4) is 17.2 Å². The Labute approximate surface area is 264 Å². The summed E-state index contributed by atoms with van der Waals surface area (Å²) in [5.74, 6) is -1.84. The third-order valence-corrected chi connectivity index (χ3v) is 7.00. The van der Waals surface area contributed by atoms with Gasteiger partial charge in [0.1, 0.15) is 34.5 Å². The second kappa shape index (κ2) is 11.9. The van der Waals surface area contributed by atoms with Crippen LogP contribution < -0.4 is 9.80 Å². The molecule has 238 valence electrons. The minimum atomic E-state index is -1.04. The van der Waals surface area contributed by atoms with Crippen LogP contribution in [0.5, 0.6) is 0 Å². The van der Waals surface area contributed by atoms with Crippen LogP contribution in [0.4, 0.5) is 29.9 Å². The van der Waals surface area contributed by atoms with E-state index in [-0.39, 0.29) is 40.2 Å². The summed E-state index contributed by atoms with van der Waals surface area (Å²) >= 11 is 0. The molecule has 5 rings (SSSR count). The predicted octanol–water partition coefficient (Wildman–Crippen LogP) is 7.45. The summed E-state index contributed by atoms with van der Waals surface area (Å²) in [4.78, 5) is 46.6. The van der Waals surface area contributed by atoms with Crippen molar-refractivity contribution in [2.45, 2.75) is 65.6 Å². The summed E-state index contributed by atoms with van der Waals surface area (Å²) in [7, 11) is 0. The number of nitriles is 1. The van der Waals surface area contributed by atoms with Gasteiger partial charge in [-0.15, -0.1) is 0 Å². The van der Waals surface area contributed by atoms with Gasteiger partial charge in [0.05, 0.1) is 24.3 Å². The van der Waals surface area contributed by atoms with Gasteiger partial charge in [-0.3, -0.25) is 4.79 Å². The molecule has 0 saturated heterocycles. The van der Waals surface area contributed by atoms with Gasteiger partial charge in [-0.25, -0.2) is 23.4 Å². The molecule has 0 N–H and O–H groups in total. The molecule has 0 atom stereocenters. The van der Waals surface area contributed by atoms with E-state index in [9.17, 15) is 28.4 Å². The number of anilines is 2. The SMILES string of the molecule is CC(C)(C)OC(=O)N(C(=O)OC(C)(C)C)c1ncc(C#N)c2occ(-c3ccc4c(c3)CCN4C(=O)Cc3cc(F)ccc3F)c12. The number of nitrogens with zero attached hydrogens (tertiary/aromatic N) is 4. The fourth-order valence-corrected chi connectivity index (χ4v) is 5.12. The number of hydrogen-bond donors (Lipinski definition) is 0. The second-order valence-electron chi connectivity index (χ2n) is 12.8. The zero-order valence-corrected chi connectivity index (χ0v) is 26.2. The molecule has 0 bridgehead atoms. The predicted molar refractivity (Wildman–Crippen MR) is 165 cm³/mol. The number of furan rings is 1. The Kier molecular flexibility index (Phi) is 8.30. The Bertz CT molecular complexity index is 1890. The van der Waals surface area contributed by atoms with E-state index in [0.29, 0.717) is 34.7 Å². The van der Waals surface area contributed by atoms with Gasteiger partial charge in [0.2, 0.25) is 5.91 Å². The number of aromatic nitrogens is 1. The summed E-state index contributed by atoms with van der Waals surface area (Å²) < 4.78 is 44.8. The van der Waals surface area contributed by atoms with Gasteiger partial charge in [0.25, 0.3) is 0 Å². The number of hydrogen-bond acceptors (Lipinski definition) is 8. The normalized spacial score (nSPS) is 12.9. The number of ether oxygens (including phenoxy) is 2. The van der Waals surface area contributed by atoms with Crippen LogP contribution in [0.2, 0.25) is 0 Å². The van der Waals surface area contributed by atoms with Crippen LogP contribution >= 0.6 is 0 Å². The lowest BCUT2D eigenvalue weighted by atomic mass is 10.0. The number of rotatable bonds is 4. The smallest absolute Gasteiger partial charge is 0.425 e. The highest BCUT2D eigenvalue weighted by atomic mass is 19.1. The van der Waals surface area contributed by atoms with Crippen molar-refractivity contribution >= 4 is 40.6 Å². The molecule has 2 aromatic carbocycles. The number of halogens is 2. The molecule has 4 aromatic rings. The number of fused-ring (bicyclic) bond motifs is 2. The second-order valence-corrected chi connectivity index (χ2v) is 12.8. The van der Waals surface area contributed by atoms with Gasteiger partial charge in [0.15, 0.2) is 11.4 Å². The van der Waals surface area contributed by atoms with Gasteiger partial charge in [-0.05, 0) is 89.4 Å². The molecular weight excluding hydrogens is 598 g/mol. The van der Waals surface area contributed by atoms with Crippen LogP contribution in [0.25, 0.3) is 22.1 Å². The summed E-state index contributed by atoms with van der Waals surface area (Å²) in [6.45, 7) is 10.2. The lowest BCUT2D eigenvalue weighted by Crippen LogP contribution is -2.44. The summed E-state index contributed by atoms with van der Waals surface area (Å²) in [5.41, 5.74) is 0.608. The van der Waals surface area contributed by atoms with Crippen LogP contribution in [0.15, 0.2) is 53.3 Å². The van der Waals surface area contributed by atoms with E-state index in [2.05, 4.69) is 4.98 Å². The first-order valence-corrected chi connectivity index (χ1v) is 14.5. The number of pyridine rings is 1. The molecule has 12 heteroatoms. The molecule has 1 aliphatic rings. The van der Waals surface area contributed by atoms with E-state index < -0.39 is 35.0 Å². The lowest BCUT2D eigenvalue weighted by molar-refractivity contribution is -0.117. The van der Waals surface area contributed by atoms with Crippen molar-refractivity contribution in [1.29, 1.82) is 5.26 Å². The average molecular weight is 631 g/mol. The van der Waals surface area contributed by atoms with Crippen LogP contribution in [-0.2, 0) is 27.1 Å². The Morgan fingerprint density at radius 1 is 1.02 bits per heavy atom. The third kappa shape index (κ3) is 6.54. The van der Waals surface area contributed by atoms with Gasteiger partial charge >= 0.3 is 12.2 Å². The van der Waals surface area contributed by atoms with Gasteiger partial charge < -0.3 is 18.8 Å². The van der Waals surface area contributed by atoms with E-state index in [0.717, 1.165) is 23.8 Å². The van der Waals surface area contributed by atoms with E-state index >= 15 is 0 Å². The molecule has 10 nitrogen and oxygen atoms in total. The molecule has 0 unspecified atom stereocenters. The van der Waals surface area contributed by atoms with Crippen LogP contribution in [0.1, 0.15) is 58.2 Å². The number of imide groups is 1. The third-order valence-electron chi connectivity index (χ3n) is 7.00. The minimum Gasteiger partial charge on any atom is -0.462 e. The van der Waals surface area contributed by atoms with Crippen LogP contribution in [0.3, 0.4) is 0 Å². The number of benzene rings is 2. The molecule has 46 heavy (non-hydrogen) atoms. The molecule has 2 aromatic heterocycles. The van der Waals surface area contributed by atoms with Crippen molar-refractivity contribution < 1.29 is 37.1 Å². The molecule has 0 fully saturated rings. The Hall–Kier alpha value is -5.31. The first kappa shape index (κ1) is 32.1. The number of carbonyl (C=O) groups excluding carboxylic acids is 3. The monoisotopic (exact) mass is 630 g/mol. The zero-order chi connectivity index (χ0) is 33.6. The van der Waals surface area contributed by atoms with Crippen molar-refractivity contribution in [3.63, 3.8) is 0 Å². The van der Waals surface area contributed by atoms with E-state index in [1.165, 1.54) is 17.4 Å². The molecule has 0 aliphatic carbocycles. The van der Waals surface area contributed by atoms with Gasteiger partial charge in [-0.2, -0.15) is 10.2 Å². The summed E-state index contributed by atoms with van der Waals surface area (Å²) in [5, 5.41) is 9.98. The minimum absolute atomic E-state index is 0.0345. The summed E-state index contributed by atoms with van der Waals surface area (Å²) in [6.07, 6.45) is 0.683. The molecule has 0 saturated carbocycles. The van der Waals surface area contributed by atoms with E-state index in [1.807, 2.05) is 12.1 Å². The van der Waals surface area contributed by atoms with Crippen LogP contribution in [-0.4, -0.2) is 40.8 Å². The Morgan fingerprint density at radius 3 is 2.33 bits per heavy atom. The van der Waals surface area contributed by atoms with Crippen molar-refractivity contribution in [3.05, 3.63) is 77.2 Å². The fourth-order valence-electron chi connectivity index (χ4n) is 5.12. The quantitative estimate of drug-likeness (QED) is 0.228. The lowest BCUT2D eigenvalue weighted by Gasteiger charge is -2.28. The molecule has 3 heterocycles. The molecule has 0 radical (unpaired) electrons. The first-order chi connectivity index (χ1) is 21.6. The largest absolute Gasteiger partial charge is 0.462 e. The van der Waals surface area contributed by atoms with Crippen molar-refractivity contribution in [2.24, 2.45) is 0 Å². The van der Waals surface area contributed by atoms with Crippen molar-refractivity contribution in [2.75, 3.05) is 16.3 Å². The topological polar surface area (TPSA) is 126 Å². The molecule has 1 aliphatic heterocycles. The maximum atomic E-state index is 14.2. The van der Waals surface area contributed by atoms with Gasteiger partial charge in [0, 0.05) is 23.4 Å². The van der Waals surface area contributed by atoms with Gasteiger partial charge in [-0.1, -0.05) is 6.07 Å². The highest BCUT2D eigenvalue weighted by Gasteiger charge is 2.36. The molecule has 3 amide bonds. The highest BCUT2D eigenvalue weighted by Crippen LogP contribution is 2.41. The Morgan fingerprint density at radius 2 is 1.70 bits per heavy atom. The average Bonchev–Trinajstić information content (AvgIpc) is 3.58. The van der Waals surface area contributed by atoms with E-state index in [4.69, 9.17) is 13.9 Å². The molecule has 0 spiro atoms. The standard InChI is InChI=1S/C34H32F2N4O6/c1-33(2,3)45-31(42)40(32(43)46-34(4,5)6)30-28-24(18-44-29(28)22(16-37)17-38-30)19-7-10-26-20(13-19)11-12-39(26)27(41)15-21-14-23(35)8-9-25(21)36/h7-10,13-14,17-18H,11-12,15H2,1-6H3. The summed E-state index contributed by atoms with van der Waals surface area (Å²) in [6, 6.07) is 10.3. The number of carbonyl (C=O) groups is 3. The number of amides is 3. The highest BCUT2D eigenvalue weighted by molar-refractivity contribution is 6.16. The van der Waals surface area contributed by atoms with Crippen molar-refractivity contribution in [1.82, 2.24) is 4.98 Å². The molecular formula is C34H32F2N4O6. The fraction of sp³-hybridized carbons (Fsp3) is 0.324. The maximum Gasteiger partial charge on any atom is 0.425 e. The van der Waals surface area contributed by atoms with E-state index in [1.54, 1.807) is 53.7 Å². The Balaban J connectivity index is 1.57.